The third kappa shape index (κ3) is 6.79. The molecular formula is C16H23NO4. The van der Waals surface area contributed by atoms with Gasteiger partial charge in [0.25, 0.3) is 0 Å². The molecule has 0 N–H and O–H groups in total. The number of ether oxygens (including phenoxy) is 2. The van der Waals surface area contributed by atoms with E-state index < -0.39 is 0 Å². The Morgan fingerprint density at radius 2 is 1.81 bits per heavy atom. The predicted molar refractivity (Wildman–Crippen MR) is 80.1 cm³/mol. The van der Waals surface area contributed by atoms with Crippen LogP contribution in [0.3, 0.4) is 0 Å². The van der Waals surface area contributed by atoms with Crippen LogP contribution >= 0.6 is 0 Å². The van der Waals surface area contributed by atoms with Crippen molar-refractivity contribution in [3.05, 3.63) is 30.3 Å². The minimum atomic E-state index is -0.301. The van der Waals surface area contributed by atoms with Crippen LogP contribution in [0.2, 0.25) is 0 Å². The molecule has 0 aromatic heterocycles. The number of carbonyl (C=O) groups excluding carboxylic acids is 2. The molecule has 1 rings (SSSR count). The van der Waals surface area contributed by atoms with Crippen molar-refractivity contribution in [2.45, 2.75) is 26.2 Å². The highest BCUT2D eigenvalue weighted by atomic mass is 16.5. The van der Waals surface area contributed by atoms with Crippen molar-refractivity contribution < 1.29 is 19.1 Å². The Hall–Kier alpha value is -2.04. The van der Waals surface area contributed by atoms with Gasteiger partial charge in [-0.05, 0) is 18.6 Å². The summed E-state index contributed by atoms with van der Waals surface area (Å²) in [5.74, 6) is 0.447. The Balaban J connectivity index is 2.36. The highest BCUT2D eigenvalue weighted by molar-refractivity contribution is 5.77. The molecule has 0 radical (unpaired) electrons. The van der Waals surface area contributed by atoms with Crippen molar-refractivity contribution in [2.24, 2.45) is 0 Å². The molecule has 0 saturated carbocycles. The van der Waals surface area contributed by atoms with Crippen molar-refractivity contribution in [3.63, 3.8) is 0 Å². The van der Waals surface area contributed by atoms with Gasteiger partial charge in [-0.1, -0.05) is 25.1 Å². The Morgan fingerprint density at radius 3 is 2.43 bits per heavy atom. The number of para-hydroxylation sites is 1. The highest BCUT2D eigenvalue weighted by Gasteiger charge is 2.14. The second-order valence-electron chi connectivity index (χ2n) is 4.62. The first kappa shape index (κ1) is 17.0. The minimum Gasteiger partial charge on any atom is -0.493 e. The second-order valence-corrected chi connectivity index (χ2v) is 4.62. The molecule has 5 heteroatoms. The number of methoxy groups -OCH3 is 1. The van der Waals surface area contributed by atoms with E-state index in [2.05, 4.69) is 4.74 Å². The largest absolute Gasteiger partial charge is 0.493 e. The third-order valence-corrected chi connectivity index (χ3v) is 2.99. The van der Waals surface area contributed by atoms with E-state index in [1.54, 1.807) is 4.90 Å². The lowest BCUT2D eigenvalue weighted by molar-refractivity contribution is -0.141. The molecule has 0 unspecified atom stereocenters. The van der Waals surface area contributed by atoms with Crippen molar-refractivity contribution in [1.29, 1.82) is 0 Å². The summed E-state index contributed by atoms with van der Waals surface area (Å²) in [6, 6.07) is 9.39. The molecule has 5 nitrogen and oxygen atoms in total. The zero-order chi connectivity index (χ0) is 15.5. The number of carbonyl (C=O) groups is 2. The minimum absolute atomic E-state index is 0.00307. The molecule has 0 heterocycles. The normalized spacial score (nSPS) is 10.0. The fourth-order valence-electron chi connectivity index (χ4n) is 1.89. The van der Waals surface area contributed by atoms with Crippen molar-refractivity contribution in [1.82, 2.24) is 4.90 Å². The molecule has 1 aromatic carbocycles. The number of amides is 1. The van der Waals surface area contributed by atoms with E-state index in [0.29, 0.717) is 26.1 Å². The first-order valence-electron chi connectivity index (χ1n) is 7.19. The van der Waals surface area contributed by atoms with Gasteiger partial charge in [0.05, 0.1) is 26.6 Å². The molecule has 1 aromatic rings. The number of nitrogens with zero attached hydrogens (tertiary/aromatic N) is 1. The van der Waals surface area contributed by atoms with Gasteiger partial charge in [0, 0.05) is 13.1 Å². The summed E-state index contributed by atoms with van der Waals surface area (Å²) in [6.45, 7) is 3.37. The van der Waals surface area contributed by atoms with Crippen molar-refractivity contribution >= 4 is 11.9 Å². The Kier molecular flexibility index (Phi) is 7.94. The lowest BCUT2D eigenvalue weighted by atomic mass is 10.3. The average Bonchev–Trinajstić information content (AvgIpc) is 2.51. The van der Waals surface area contributed by atoms with Gasteiger partial charge in [0.2, 0.25) is 5.91 Å². The molecule has 0 spiro atoms. The zero-order valence-corrected chi connectivity index (χ0v) is 12.7. The molecule has 1 amide bonds. The third-order valence-electron chi connectivity index (χ3n) is 2.99. The Morgan fingerprint density at radius 1 is 1.10 bits per heavy atom. The first-order chi connectivity index (χ1) is 10.2. The van der Waals surface area contributed by atoms with Crippen LogP contribution in [0.5, 0.6) is 5.75 Å². The van der Waals surface area contributed by atoms with Gasteiger partial charge in [0.15, 0.2) is 0 Å². The van der Waals surface area contributed by atoms with Crippen LogP contribution in [-0.4, -0.2) is 43.6 Å². The van der Waals surface area contributed by atoms with Crippen LogP contribution in [0.15, 0.2) is 30.3 Å². The van der Waals surface area contributed by atoms with Gasteiger partial charge in [-0.2, -0.15) is 0 Å². The fourth-order valence-corrected chi connectivity index (χ4v) is 1.89. The van der Waals surface area contributed by atoms with Gasteiger partial charge < -0.3 is 14.4 Å². The monoisotopic (exact) mass is 293 g/mol. The van der Waals surface area contributed by atoms with E-state index in [0.717, 1.165) is 12.2 Å². The smallest absolute Gasteiger partial charge is 0.307 e. The summed E-state index contributed by atoms with van der Waals surface area (Å²) in [7, 11) is 1.35. The summed E-state index contributed by atoms with van der Waals surface area (Å²) in [6.07, 6.45) is 1.38. The fraction of sp³-hybridized carbons (Fsp3) is 0.500. The topological polar surface area (TPSA) is 55.8 Å². The van der Waals surface area contributed by atoms with Crippen molar-refractivity contribution in [3.8, 4) is 5.75 Å². The summed E-state index contributed by atoms with van der Waals surface area (Å²) >= 11 is 0. The number of esters is 1. The molecule has 0 aliphatic rings. The summed E-state index contributed by atoms with van der Waals surface area (Å²) < 4.78 is 10.1. The molecule has 0 aliphatic carbocycles. The number of benzene rings is 1. The average molecular weight is 293 g/mol. The summed E-state index contributed by atoms with van der Waals surface area (Å²) in [5.41, 5.74) is 0. The zero-order valence-electron chi connectivity index (χ0n) is 12.7. The number of rotatable bonds is 9. The maximum atomic E-state index is 12.1. The lowest BCUT2D eigenvalue weighted by Crippen LogP contribution is -2.34. The maximum Gasteiger partial charge on any atom is 0.307 e. The maximum absolute atomic E-state index is 12.1. The van der Waals surface area contributed by atoms with Crippen LogP contribution in [-0.2, 0) is 14.3 Å². The van der Waals surface area contributed by atoms with Crippen LogP contribution in [0.4, 0.5) is 0 Å². The summed E-state index contributed by atoms with van der Waals surface area (Å²) in [4.78, 5) is 25.0. The van der Waals surface area contributed by atoms with Gasteiger partial charge in [-0.15, -0.1) is 0 Å². The van der Waals surface area contributed by atoms with E-state index in [9.17, 15) is 9.59 Å². The predicted octanol–water partition coefficient (Wildman–Crippen LogP) is 2.26. The van der Waals surface area contributed by atoms with Crippen molar-refractivity contribution in [2.75, 3.05) is 26.8 Å². The molecule has 21 heavy (non-hydrogen) atoms. The van der Waals surface area contributed by atoms with Gasteiger partial charge in [-0.25, -0.2) is 0 Å². The van der Waals surface area contributed by atoms with E-state index in [4.69, 9.17) is 4.74 Å². The van der Waals surface area contributed by atoms with Gasteiger partial charge in [-0.3, -0.25) is 9.59 Å². The molecule has 0 fully saturated rings. The molecule has 116 valence electrons. The van der Waals surface area contributed by atoms with Gasteiger partial charge >= 0.3 is 5.97 Å². The van der Waals surface area contributed by atoms with E-state index >= 15 is 0 Å². The quantitative estimate of drug-likeness (QED) is 0.655. The Bertz CT molecular complexity index is 433. The second kappa shape index (κ2) is 9.80. The molecule has 0 aliphatic heterocycles. The lowest BCUT2D eigenvalue weighted by Gasteiger charge is -2.21. The van der Waals surface area contributed by atoms with Crippen LogP contribution in [0, 0.1) is 0 Å². The van der Waals surface area contributed by atoms with E-state index in [1.165, 1.54) is 7.11 Å². The Labute approximate surface area is 125 Å². The molecule has 0 saturated heterocycles. The number of hydrogen-bond donors (Lipinski definition) is 0. The molecular weight excluding hydrogens is 270 g/mol. The van der Waals surface area contributed by atoms with Crippen LogP contribution in [0.1, 0.15) is 26.2 Å². The van der Waals surface area contributed by atoms with Gasteiger partial charge in [0.1, 0.15) is 5.75 Å². The SMILES string of the molecule is CCCN(CCC(=O)OC)C(=O)CCOc1ccccc1. The standard InChI is InChI=1S/C16H23NO4/c1-3-11-17(12-9-16(19)20-2)15(18)10-13-21-14-7-5-4-6-8-14/h4-8H,3,9-13H2,1-2H3. The molecule has 0 atom stereocenters. The first-order valence-corrected chi connectivity index (χ1v) is 7.19. The van der Waals surface area contributed by atoms with Crippen LogP contribution < -0.4 is 4.74 Å². The number of hydrogen-bond acceptors (Lipinski definition) is 4. The highest BCUT2D eigenvalue weighted by Crippen LogP contribution is 2.09. The summed E-state index contributed by atoms with van der Waals surface area (Å²) in [5, 5.41) is 0. The van der Waals surface area contributed by atoms with E-state index in [1.807, 2.05) is 37.3 Å². The van der Waals surface area contributed by atoms with E-state index in [-0.39, 0.29) is 18.3 Å². The molecule has 0 bridgehead atoms. The van der Waals surface area contributed by atoms with Crippen LogP contribution in [0.25, 0.3) is 0 Å².